The van der Waals surface area contributed by atoms with Crippen LogP contribution < -0.4 is 10.1 Å². The number of amides is 1. The summed E-state index contributed by atoms with van der Waals surface area (Å²) in [4.78, 5) is 14.8. The number of hydrogen-bond donors (Lipinski definition) is 1. The smallest absolute Gasteiger partial charge is 0.244 e. The Morgan fingerprint density at radius 2 is 1.91 bits per heavy atom. The number of benzene rings is 2. The van der Waals surface area contributed by atoms with E-state index in [4.69, 9.17) is 13.9 Å². The van der Waals surface area contributed by atoms with E-state index < -0.39 is 0 Å². The minimum atomic E-state index is -0.146. The lowest BCUT2D eigenvalue weighted by Crippen LogP contribution is -2.43. The molecule has 2 heterocycles. The number of ether oxygens (including phenoxy) is 2. The standard InChI is InChI=1S/C27H30N2O4/c1-21-10-12-26(33-21)25(29-14-16-31-17-15-29)19-28-27(30)13-11-22-8-5-9-24(18-22)32-20-23-6-3-2-4-7-23/h2-13,18,25H,14-17,19-20H2,1H3,(H,28,30)/b13-11+. The van der Waals surface area contributed by atoms with E-state index in [1.807, 2.05) is 73.7 Å². The number of carbonyl (C=O) groups is 1. The Bertz CT molecular complexity index is 1050. The quantitative estimate of drug-likeness (QED) is 0.495. The van der Waals surface area contributed by atoms with Gasteiger partial charge in [0.1, 0.15) is 23.9 Å². The molecule has 6 heteroatoms. The summed E-state index contributed by atoms with van der Waals surface area (Å²) in [6.45, 7) is 5.90. The van der Waals surface area contributed by atoms with Crippen LogP contribution >= 0.6 is 0 Å². The molecule has 1 N–H and O–H groups in total. The fourth-order valence-electron chi connectivity index (χ4n) is 3.81. The number of nitrogens with one attached hydrogen (secondary N) is 1. The van der Waals surface area contributed by atoms with Crippen molar-refractivity contribution < 1.29 is 18.7 Å². The summed E-state index contributed by atoms with van der Waals surface area (Å²) in [5.41, 5.74) is 2.02. The second kappa shape index (κ2) is 11.5. The van der Waals surface area contributed by atoms with Crippen LogP contribution in [0.25, 0.3) is 6.08 Å². The molecule has 0 spiro atoms. The first-order valence-electron chi connectivity index (χ1n) is 11.3. The predicted octanol–water partition coefficient (Wildman–Crippen LogP) is 4.37. The van der Waals surface area contributed by atoms with E-state index in [1.165, 1.54) is 0 Å². The first-order valence-corrected chi connectivity index (χ1v) is 11.3. The maximum Gasteiger partial charge on any atom is 0.244 e. The highest BCUT2D eigenvalue weighted by molar-refractivity contribution is 5.91. The van der Waals surface area contributed by atoms with E-state index in [9.17, 15) is 4.79 Å². The Balaban J connectivity index is 1.33. The van der Waals surface area contributed by atoms with Crippen molar-refractivity contribution in [2.75, 3.05) is 32.8 Å². The maximum atomic E-state index is 12.5. The SMILES string of the molecule is Cc1ccc(C(CNC(=O)/C=C/c2cccc(OCc3ccccc3)c2)N2CCOCC2)o1. The maximum absolute atomic E-state index is 12.5. The zero-order chi connectivity index (χ0) is 22.9. The predicted molar refractivity (Wildman–Crippen MR) is 128 cm³/mol. The van der Waals surface area contributed by atoms with Gasteiger partial charge in [0.15, 0.2) is 0 Å². The van der Waals surface area contributed by atoms with Gasteiger partial charge in [-0.1, -0.05) is 42.5 Å². The van der Waals surface area contributed by atoms with Gasteiger partial charge in [-0.25, -0.2) is 0 Å². The van der Waals surface area contributed by atoms with E-state index in [1.54, 1.807) is 12.2 Å². The summed E-state index contributed by atoms with van der Waals surface area (Å²) in [5, 5.41) is 3.02. The lowest BCUT2D eigenvalue weighted by molar-refractivity contribution is -0.116. The Morgan fingerprint density at radius 3 is 2.67 bits per heavy atom. The Morgan fingerprint density at radius 1 is 1.09 bits per heavy atom. The van der Waals surface area contributed by atoms with Gasteiger partial charge in [-0.3, -0.25) is 9.69 Å². The second-order valence-electron chi connectivity index (χ2n) is 8.04. The molecule has 1 amide bonds. The second-order valence-corrected chi connectivity index (χ2v) is 8.04. The number of furan rings is 1. The minimum absolute atomic E-state index is 0.0188. The Kier molecular flexibility index (Phi) is 7.95. The molecule has 1 fully saturated rings. The number of carbonyl (C=O) groups excluding carboxylic acids is 1. The van der Waals surface area contributed by atoms with Crippen molar-refractivity contribution in [1.82, 2.24) is 10.2 Å². The van der Waals surface area contributed by atoms with Gasteiger partial charge >= 0.3 is 0 Å². The monoisotopic (exact) mass is 446 g/mol. The lowest BCUT2D eigenvalue weighted by atomic mass is 10.1. The van der Waals surface area contributed by atoms with Crippen LogP contribution in [0.3, 0.4) is 0 Å². The Labute approximate surface area is 194 Å². The molecule has 3 aromatic rings. The summed E-state index contributed by atoms with van der Waals surface area (Å²) < 4.78 is 17.2. The molecule has 1 aliphatic rings. The summed E-state index contributed by atoms with van der Waals surface area (Å²) >= 11 is 0. The molecular weight excluding hydrogens is 416 g/mol. The third-order valence-corrected chi connectivity index (χ3v) is 5.58. The van der Waals surface area contributed by atoms with E-state index in [-0.39, 0.29) is 11.9 Å². The van der Waals surface area contributed by atoms with Crippen LogP contribution in [0.15, 0.2) is 77.2 Å². The van der Waals surface area contributed by atoms with Gasteiger partial charge in [-0.05, 0) is 48.4 Å². The molecule has 172 valence electrons. The molecule has 0 aliphatic carbocycles. The van der Waals surface area contributed by atoms with Crippen LogP contribution in [0.4, 0.5) is 0 Å². The van der Waals surface area contributed by atoms with Crippen LogP contribution in [-0.2, 0) is 16.1 Å². The van der Waals surface area contributed by atoms with Crippen molar-refractivity contribution in [3.63, 3.8) is 0 Å². The number of nitrogens with zero attached hydrogens (tertiary/aromatic N) is 1. The largest absolute Gasteiger partial charge is 0.489 e. The third kappa shape index (κ3) is 6.81. The number of aryl methyl sites for hydroxylation is 1. The molecule has 1 aliphatic heterocycles. The fraction of sp³-hybridized carbons (Fsp3) is 0.296. The zero-order valence-electron chi connectivity index (χ0n) is 18.9. The highest BCUT2D eigenvalue weighted by Crippen LogP contribution is 2.23. The van der Waals surface area contributed by atoms with Gasteiger partial charge < -0.3 is 19.2 Å². The van der Waals surface area contributed by atoms with Gasteiger partial charge in [0.2, 0.25) is 5.91 Å². The molecule has 1 saturated heterocycles. The molecule has 1 aromatic heterocycles. The fourth-order valence-corrected chi connectivity index (χ4v) is 3.81. The van der Waals surface area contributed by atoms with Crippen LogP contribution in [0, 0.1) is 6.92 Å². The summed E-state index contributed by atoms with van der Waals surface area (Å²) in [6, 6.07) is 21.7. The molecular formula is C27H30N2O4. The van der Waals surface area contributed by atoms with Gasteiger partial charge in [-0.15, -0.1) is 0 Å². The first-order chi connectivity index (χ1) is 16.2. The Hall–Kier alpha value is -3.35. The van der Waals surface area contributed by atoms with Gasteiger partial charge in [0, 0.05) is 25.7 Å². The van der Waals surface area contributed by atoms with Gasteiger partial charge in [-0.2, -0.15) is 0 Å². The van der Waals surface area contributed by atoms with Crippen molar-refractivity contribution in [3.05, 3.63) is 95.5 Å². The lowest BCUT2D eigenvalue weighted by Gasteiger charge is -2.33. The van der Waals surface area contributed by atoms with Crippen molar-refractivity contribution in [2.45, 2.75) is 19.6 Å². The van der Waals surface area contributed by atoms with Crippen LogP contribution in [0.1, 0.15) is 28.7 Å². The molecule has 0 saturated carbocycles. The summed E-state index contributed by atoms with van der Waals surface area (Å²) in [5.74, 6) is 2.35. The van der Waals surface area contributed by atoms with Crippen LogP contribution in [-0.4, -0.2) is 43.7 Å². The number of rotatable bonds is 9. The van der Waals surface area contributed by atoms with E-state index in [2.05, 4.69) is 10.2 Å². The van der Waals surface area contributed by atoms with Crippen molar-refractivity contribution in [1.29, 1.82) is 0 Å². The van der Waals surface area contributed by atoms with Crippen LogP contribution in [0.2, 0.25) is 0 Å². The number of hydrogen-bond acceptors (Lipinski definition) is 5. The van der Waals surface area contributed by atoms with Crippen molar-refractivity contribution in [3.8, 4) is 5.75 Å². The molecule has 1 unspecified atom stereocenters. The highest BCUT2D eigenvalue weighted by atomic mass is 16.5. The van der Waals surface area contributed by atoms with Crippen LogP contribution in [0.5, 0.6) is 5.75 Å². The minimum Gasteiger partial charge on any atom is -0.489 e. The van der Waals surface area contributed by atoms with E-state index >= 15 is 0 Å². The van der Waals surface area contributed by atoms with E-state index in [0.29, 0.717) is 26.4 Å². The summed E-state index contributed by atoms with van der Waals surface area (Å²) in [7, 11) is 0. The molecule has 4 rings (SSSR count). The first kappa shape index (κ1) is 22.8. The molecule has 1 atom stereocenters. The highest BCUT2D eigenvalue weighted by Gasteiger charge is 2.25. The molecule has 6 nitrogen and oxygen atoms in total. The van der Waals surface area contributed by atoms with Crippen molar-refractivity contribution >= 4 is 12.0 Å². The zero-order valence-corrected chi connectivity index (χ0v) is 18.9. The average Bonchev–Trinajstić information content (AvgIpc) is 3.29. The van der Waals surface area contributed by atoms with Crippen molar-refractivity contribution in [2.24, 2.45) is 0 Å². The average molecular weight is 447 g/mol. The molecule has 2 aromatic carbocycles. The number of morpholine rings is 1. The topological polar surface area (TPSA) is 63.9 Å². The normalized spacial score (nSPS) is 15.4. The summed E-state index contributed by atoms with van der Waals surface area (Å²) in [6.07, 6.45) is 3.35. The molecule has 33 heavy (non-hydrogen) atoms. The molecule has 0 bridgehead atoms. The van der Waals surface area contributed by atoms with Gasteiger partial charge in [0.05, 0.1) is 19.3 Å². The van der Waals surface area contributed by atoms with E-state index in [0.717, 1.165) is 41.5 Å². The third-order valence-electron chi connectivity index (χ3n) is 5.58. The van der Waals surface area contributed by atoms with Gasteiger partial charge in [0.25, 0.3) is 0 Å². The molecule has 0 radical (unpaired) electrons.